The average Bonchev–Trinajstić information content (AvgIpc) is 2.99. The van der Waals surface area contributed by atoms with Crippen molar-refractivity contribution in [3.05, 3.63) is 53.1 Å². The number of fused-ring (bicyclic) bond motifs is 1. The largest absolute Gasteiger partial charge is 0.454 e. The number of ether oxygens (including phenoxy) is 2. The molecule has 0 fully saturated rings. The minimum absolute atomic E-state index is 0.226. The Morgan fingerprint density at radius 3 is 2.67 bits per heavy atom. The predicted octanol–water partition coefficient (Wildman–Crippen LogP) is 2.12. The fraction of sp³-hybridized carbons (Fsp3) is 0.278. The summed E-state index contributed by atoms with van der Waals surface area (Å²) in [7, 11) is 0. The van der Waals surface area contributed by atoms with E-state index in [0.717, 1.165) is 11.1 Å². The maximum absolute atomic E-state index is 12.5. The number of nitrogen functional groups attached to an aromatic ring is 1. The fourth-order valence-corrected chi connectivity index (χ4v) is 2.48. The molecule has 5 N–H and O–H groups in total. The van der Waals surface area contributed by atoms with Crippen molar-refractivity contribution < 1.29 is 14.3 Å². The number of nitrogens with two attached hydrogens (primary N) is 2. The molecule has 0 spiro atoms. The van der Waals surface area contributed by atoms with Crippen LogP contribution in [0.3, 0.4) is 0 Å². The number of carbonyl (C=O) groups is 1. The van der Waals surface area contributed by atoms with E-state index < -0.39 is 5.54 Å². The van der Waals surface area contributed by atoms with Crippen LogP contribution in [0.2, 0.25) is 0 Å². The third-order valence-corrected chi connectivity index (χ3v) is 3.93. The van der Waals surface area contributed by atoms with Crippen LogP contribution in [-0.4, -0.2) is 12.7 Å². The summed E-state index contributed by atoms with van der Waals surface area (Å²) in [4.78, 5) is 12.5. The van der Waals surface area contributed by atoms with Crippen molar-refractivity contribution in [2.75, 3.05) is 12.5 Å². The molecule has 6 heteroatoms. The highest BCUT2D eigenvalue weighted by Crippen LogP contribution is 2.32. The van der Waals surface area contributed by atoms with Gasteiger partial charge in [0.15, 0.2) is 11.5 Å². The molecular weight excluding hydrogens is 306 g/mol. The molecule has 6 nitrogen and oxygen atoms in total. The van der Waals surface area contributed by atoms with E-state index in [1.54, 1.807) is 12.1 Å². The van der Waals surface area contributed by atoms with Gasteiger partial charge in [-0.3, -0.25) is 4.79 Å². The third-order valence-electron chi connectivity index (χ3n) is 3.93. The van der Waals surface area contributed by atoms with E-state index in [-0.39, 0.29) is 12.7 Å². The van der Waals surface area contributed by atoms with E-state index in [1.807, 2.05) is 38.1 Å². The Hall–Kier alpha value is -2.73. The van der Waals surface area contributed by atoms with Crippen LogP contribution in [0.5, 0.6) is 11.5 Å². The van der Waals surface area contributed by atoms with E-state index in [9.17, 15) is 4.79 Å². The molecular formula is C18H21N3O3. The SMILES string of the molecule is CC(C)(N)c1ccc(N)c(C(=O)NCc2ccc3c(c2)OCO3)c1. The standard InChI is InChI=1S/C18H21N3O3/c1-18(2,20)12-4-5-14(19)13(8-12)17(22)21-9-11-3-6-15-16(7-11)24-10-23-15/h3-8H,9-10,19-20H2,1-2H3,(H,21,22). The molecule has 1 amide bonds. The Balaban J connectivity index is 1.73. The number of hydrogen-bond acceptors (Lipinski definition) is 5. The molecule has 0 saturated carbocycles. The van der Waals surface area contributed by atoms with Crippen LogP contribution in [-0.2, 0) is 12.1 Å². The quantitative estimate of drug-likeness (QED) is 0.747. The number of benzene rings is 2. The van der Waals surface area contributed by atoms with E-state index in [2.05, 4.69) is 5.32 Å². The van der Waals surface area contributed by atoms with E-state index >= 15 is 0 Å². The van der Waals surface area contributed by atoms with Crippen LogP contribution in [0.4, 0.5) is 5.69 Å². The second-order valence-electron chi connectivity index (χ2n) is 6.39. The maximum atomic E-state index is 12.5. The minimum atomic E-state index is -0.542. The van der Waals surface area contributed by atoms with Crippen molar-refractivity contribution >= 4 is 11.6 Å². The second-order valence-corrected chi connectivity index (χ2v) is 6.39. The van der Waals surface area contributed by atoms with E-state index in [1.165, 1.54) is 0 Å². The number of hydrogen-bond donors (Lipinski definition) is 3. The van der Waals surface area contributed by atoms with Crippen LogP contribution in [0, 0.1) is 0 Å². The molecule has 0 radical (unpaired) electrons. The first-order chi connectivity index (χ1) is 11.3. The lowest BCUT2D eigenvalue weighted by atomic mass is 9.93. The van der Waals surface area contributed by atoms with Crippen molar-refractivity contribution in [1.29, 1.82) is 0 Å². The number of nitrogens with one attached hydrogen (secondary N) is 1. The minimum Gasteiger partial charge on any atom is -0.454 e. The second kappa shape index (κ2) is 6.05. The van der Waals surface area contributed by atoms with Gasteiger partial charge < -0.3 is 26.3 Å². The summed E-state index contributed by atoms with van der Waals surface area (Å²) in [5.41, 5.74) is 14.1. The topological polar surface area (TPSA) is 99.6 Å². The number of anilines is 1. The monoisotopic (exact) mass is 327 g/mol. The lowest BCUT2D eigenvalue weighted by Crippen LogP contribution is -2.30. The van der Waals surface area contributed by atoms with Gasteiger partial charge in [0.1, 0.15) is 0 Å². The van der Waals surface area contributed by atoms with Gasteiger partial charge in [0.2, 0.25) is 6.79 Å². The summed E-state index contributed by atoms with van der Waals surface area (Å²) in [5.74, 6) is 1.16. The zero-order chi connectivity index (χ0) is 17.3. The fourth-order valence-electron chi connectivity index (χ4n) is 2.48. The van der Waals surface area contributed by atoms with Crippen LogP contribution >= 0.6 is 0 Å². The van der Waals surface area contributed by atoms with E-state index in [0.29, 0.717) is 29.3 Å². The first-order valence-corrected chi connectivity index (χ1v) is 7.70. The van der Waals surface area contributed by atoms with E-state index in [4.69, 9.17) is 20.9 Å². The van der Waals surface area contributed by atoms with Gasteiger partial charge in [-0.05, 0) is 49.2 Å². The summed E-state index contributed by atoms with van der Waals surface area (Å²) in [6.45, 7) is 4.36. The molecule has 0 atom stereocenters. The molecule has 0 saturated heterocycles. The Morgan fingerprint density at radius 2 is 1.92 bits per heavy atom. The average molecular weight is 327 g/mol. The summed E-state index contributed by atoms with van der Waals surface area (Å²) < 4.78 is 10.6. The Labute approximate surface area is 140 Å². The first-order valence-electron chi connectivity index (χ1n) is 7.70. The molecule has 1 aliphatic rings. The van der Waals surface area contributed by atoms with Crippen molar-refractivity contribution in [2.24, 2.45) is 5.73 Å². The third kappa shape index (κ3) is 3.28. The number of amides is 1. The molecule has 0 aliphatic carbocycles. The lowest BCUT2D eigenvalue weighted by Gasteiger charge is -2.20. The maximum Gasteiger partial charge on any atom is 0.253 e. The van der Waals surface area contributed by atoms with Gasteiger partial charge >= 0.3 is 0 Å². The smallest absolute Gasteiger partial charge is 0.253 e. The number of carbonyl (C=O) groups excluding carboxylic acids is 1. The summed E-state index contributed by atoms with van der Waals surface area (Å²) in [6.07, 6.45) is 0. The molecule has 0 bridgehead atoms. The first kappa shape index (κ1) is 16.1. The summed E-state index contributed by atoms with van der Waals surface area (Å²) in [5, 5.41) is 2.87. The lowest BCUT2D eigenvalue weighted by molar-refractivity contribution is 0.0951. The van der Waals surface area contributed by atoms with Crippen LogP contribution in [0.1, 0.15) is 35.3 Å². The zero-order valence-electron chi connectivity index (χ0n) is 13.8. The van der Waals surface area contributed by atoms with Gasteiger partial charge in [0.25, 0.3) is 5.91 Å². The molecule has 3 rings (SSSR count). The van der Waals surface area contributed by atoms with Crippen LogP contribution in [0.25, 0.3) is 0 Å². The normalized spacial score (nSPS) is 13.0. The van der Waals surface area contributed by atoms with Crippen molar-refractivity contribution in [1.82, 2.24) is 5.32 Å². The molecule has 1 heterocycles. The Bertz CT molecular complexity index is 782. The van der Waals surface area contributed by atoms with Crippen molar-refractivity contribution in [3.63, 3.8) is 0 Å². The molecule has 24 heavy (non-hydrogen) atoms. The zero-order valence-corrected chi connectivity index (χ0v) is 13.8. The predicted molar refractivity (Wildman–Crippen MR) is 91.8 cm³/mol. The van der Waals surface area contributed by atoms with Gasteiger partial charge in [-0.1, -0.05) is 12.1 Å². The molecule has 0 aromatic heterocycles. The molecule has 2 aromatic rings. The Kier molecular flexibility index (Phi) is 4.07. The van der Waals surface area contributed by atoms with Crippen LogP contribution < -0.4 is 26.3 Å². The van der Waals surface area contributed by atoms with Gasteiger partial charge in [0, 0.05) is 17.8 Å². The molecule has 0 unspecified atom stereocenters. The van der Waals surface area contributed by atoms with Crippen molar-refractivity contribution in [3.8, 4) is 11.5 Å². The highest BCUT2D eigenvalue weighted by molar-refractivity contribution is 5.99. The summed E-state index contributed by atoms with van der Waals surface area (Å²) >= 11 is 0. The highest BCUT2D eigenvalue weighted by atomic mass is 16.7. The molecule has 2 aromatic carbocycles. The van der Waals surface area contributed by atoms with Gasteiger partial charge in [0.05, 0.1) is 5.56 Å². The summed E-state index contributed by atoms with van der Waals surface area (Å²) in [6, 6.07) is 10.9. The van der Waals surface area contributed by atoms with Gasteiger partial charge in [-0.2, -0.15) is 0 Å². The van der Waals surface area contributed by atoms with Crippen molar-refractivity contribution in [2.45, 2.75) is 25.9 Å². The highest BCUT2D eigenvalue weighted by Gasteiger charge is 2.18. The van der Waals surface area contributed by atoms with Crippen LogP contribution in [0.15, 0.2) is 36.4 Å². The molecule has 1 aliphatic heterocycles. The van der Waals surface area contributed by atoms with Gasteiger partial charge in [-0.15, -0.1) is 0 Å². The Morgan fingerprint density at radius 1 is 1.17 bits per heavy atom. The molecule has 126 valence electrons. The van der Waals surface area contributed by atoms with Gasteiger partial charge in [-0.25, -0.2) is 0 Å². The number of rotatable bonds is 4.